The Hall–Kier alpha value is -1.81. The molecule has 1 aliphatic rings. The van der Waals surface area contributed by atoms with E-state index in [0.29, 0.717) is 10.8 Å². The van der Waals surface area contributed by atoms with Gasteiger partial charge in [0.2, 0.25) is 0 Å². The Labute approximate surface area is 128 Å². The van der Waals surface area contributed by atoms with E-state index in [1.54, 1.807) is 6.07 Å². The molecule has 1 aromatic carbocycles. The Balaban J connectivity index is 2.06. The van der Waals surface area contributed by atoms with Crippen LogP contribution in [0.2, 0.25) is 5.15 Å². The van der Waals surface area contributed by atoms with Crippen molar-refractivity contribution in [3.8, 4) is 11.6 Å². The van der Waals surface area contributed by atoms with Crippen molar-refractivity contribution in [2.24, 2.45) is 0 Å². The highest BCUT2D eigenvalue weighted by Gasteiger charge is 2.30. The van der Waals surface area contributed by atoms with E-state index < -0.39 is 0 Å². The smallest absolute Gasteiger partial charge is 0.313 e. The van der Waals surface area contributed by atoms with Crippen molar-refractivity contribution in [1.82, 2.24) is 5.10 Å². The van der Waals surface area contributed by atoms with E-state index in [1.807, 2.05) is 6.92 Å². The van der Waals surface area contributed by atoms with Gasteiger partial charge in [-0.1, -0.05) is 6.07 Å². The van der Waals surface area contributed by atoms with E-state index in [1.165, 1.54) is 35.6 Å². The molecule has 3 rings (SSSR count). The third kappa shape index (κ3) is 2.68. The minimum atomic E-state index is 0.0295. The van der Waals surface area contributed by atoms with E-state index in [4.69, 9.17) is 16.3 Å². The Kier molecular flexibility index (Phi) is 3.49. The molecule has 1 heterocycles. The maximum Gasteiger partial charge on any atom is 0.313 e. The lowest BCUT2D eigenvalue weighted by Crippen LogP contribution is -2.32. The summed E-state index contributed by atoms with van der Waals surface area (Å²) < 4.78 is 5.95. The molecule has 1 aromatic heterocycles. The van der Waals surface area contributed by atoms with E-state index in [2.05, 4.69) is 25.0 Å². The van der Waals surface area contributed by atoms with Crippen LogP contribution in [0.3, 0.4) is 0 Å². The number of aromatic nitrogens is 2. The summed E-state index contributed by atoms with van der Waals surface area (Å²) >= 11 is 5.69. The second-order valence-corrected chi connectivity index (χ2v) is 6.01. The molecule has 0 aliphatic heterocycles. The summed E-state index contributed by atoms with van der Waals surface area (Å²) in [5, 5.41) is 15.3. The number of hydrogen-bond acceptors (Lipinski definition) is 3. The van der Waals surface area contributed by atoms with Crippen LogP contribution in [0, 0.1) is 26.0 Å². The molecule has 110 valence electrons. The molecule has 0 spiro atoms. The number of halogens is 1. The summed E-state index contributed by atoms with van der Waals surface area (Å²) in [5.41, 5.74) is 4.75. The Bertz CT molecular complexity index is 712. The summed E-state index contributed by atoms with van der Waals surface area (Å²) in [5.74, 6) is 1.67. The molecule has 1 aliphatic carbocycles. The average molecular weight is 305 g/mol. The lowest BCUT2D eigenvalue weighted by molar-refractivity contribution is -0.667. The van der Waals surface area contributed by atoms with Crippen LogP contribution in [-0.4, -0.2) is 5.10 Å². The first-order valence-corrected chi connectivity index (χ1v) is 7.40. The highest BCUT2D eigenvalue weighted by molar-refractivity contribution is 6.28. The predicted molar refractivity (Wildman–Crippen MR) is 80.9 cm³/mol. The van der Waals surface area contributed by atoms with Crippen LogP contribution >= 0.6 is 11.6 Å². The molecule has 1 fully saturated rings. The number of rotatable bonds is 3. The summed E-state index contributed by atoms with van der Waals surface area (Å²) in [4.78, 5) is 0.367. The van der Waals surface area contributed by atoms with Crippen molar-refractivity contribution < 1.29 is 9.58 Å². The van der Waals surface area contributed by atoms with Gasteiger partial charge >= 0.3 is 5.15 Å². The molecular weight excluding hydrogens is 288 g/mol. The highest BCUT2D eigenvalue weighted by Crippen LogP contribution is 2.48. The zero-order valence-corrected chi connectivity index (χ0v) is 13.1. The van der Waals surface area contributed by atoms with Crippen LogP contribution in [0.15, 0.2) is 18.2 Å². The molecule has 0 radical (unpaired) electrons. The Morgan fingerprint density at radius 1 is 1.24 bits per heavy atom. The van der Waals surface area contributed by atoms with Crippen molar-refractivity contribution in [3.05, 3.63) is 50.8 Å². The fourth-order valence-corrected chi connectivity index (χ4v) is 2.72. The third-order valence-corrected chi connectivity index (χ3v) is 4.23. The molecule has 0 atom stereocenters. The summed E-state index contributed by atoms with van der Waals surface area (Å²) in [6, 6.07) is 5.30. The minimum Gasteiger partial charge on any atom is -0.593 e. The molecule has 4 nitrogen and oxygen atoms in total. The molecule has 0 saturated heterocycles. The largest absolute Gasteiger partial charge is 0.593 e. The fraction of sp³-hybridized carbons (Fsp3) is 0.375. The van der Waals surface area contributed by atoms with Gasteiger partial charge in [0.15, 0.2) is 0 Å². The Morgan fingerprint density at radius 3 is 2.57 bits per heavy atom. The van der Waals surface area contributed by atoms with Gasteiger partial charge in [0, 0.05) is 17.7 Å². The number of hydrogen-bond donors (Lipinski definition) is 0. The number of aryl methyl sites for hydroxylation is 2. The van der Waals surface area contributed by atoms with Gasteiger partial charge in [-0.15, -0.1) is 0 Å². The first kappa shape index (κ1) is 14.1. The number of nitrogens with zero attached hydrogens (tertiary/aromatic N) is 2. The van der Waals surface area contributed by atoms with Crippen LogP contribution in [-0.2, 0) is 0 Å². The normalized spacial score (nSPS) is 14.3. The van der Waals surface area contributed by atoms with Gasteiger partial charge in [0.05, 0.1) is 5.10 Å². The SMILES string of the molecule is Cc1cc(C)c(C2CC2)c(Oc2ccc(Cl)[n+]([O-])n2)c1C. The van der Waals surface area contributed by atoms with Crippen molar-refractivity contribution in [3.63, 3.8) is 0 Å². The minimum absolute atomic E-state index is 0.0295. The maximum absolute atomic E-state index is 11.5. The highest BCUT2D eigenvalue weighted by atomic mass is 35.5. The van der Waals surface area contributed by atoms with Crippen molar-refractivity contribution in [2.45, 2.75) is 39.5 Å². The van der Waals surface area contributed by atoms with Crippen LogP contribution in [0.1, 0.15) is 41.0 Å². The van der Waals surface area contributed by atoms with Gasteiger partial charge in [-0.3, -0.25) is 0 Å². The number of benzene rings is 1. The third-order valence-electron chi connectivity index (χ3n) is 3.96. The van der Waals surface area contributed by atoms with Crippen molar-refractivity contribution in [1.29, 1.82) is 0 Å². The van der Waals surface area contributed by atoms with Crippen molar-refractivity contribution in [2.75, 3.05) is 0 Å². The van der Waals surface area contributed by atoms with Gasteiger partial charge in [0.1, 0.15) is 5.75 Å². The molecule has 0 N–H and O–H groups in total. The lowest BCUT2D eigenvalue weighted by Gasteiger charge is -2.17. The number of ether oxygens (including phenoxy) is 1. The van der Waals surface area contributed by atoms with Crippen LogP contribution in [0.5, 0.6) is 11.6 Å². The van der Waals surface area contributed by atoms with Crippen molar-refractivity contribution >= 4 is 11.6 Å². The van der Waals surface area contributed by atoms with E-state index in [-0.39, 0.29) is 11.0 Å². The summed E-state index contributed by atoms with van der Waals surface area (Å²) in [6.07, 6.45) is 2.38. The predicted octanol–water partition coefficient (Wildman–Crippen LogP) is 3.96. The van der Waals surface area contributed by atoms with Gasteiger partial charge in [0.25, 0.3) is 5.88 Å². The first-order chi connectivity index (χ1) is 9.97. The quantitative estimate of drug-likeness (QED) is 0.637. The summed E-state index contributed by atoms with van der Waals surface area (Å²) in [6.45, 7) is 6.21. The van der Waals surface area contributed by atoms with Crippen LogP contribution in [0.4, 0.5) is 0 Å². The second kappa shape index (κ2) is 5.19. The van der Waals surface area contributed by atoms with Crippen LogP contribution in [0.25, 0.3) is 0 Å². The molecule has 0 amide bonds. The van der Waals surface area contributed by atoms with Gasteiger partial charge in [-0.25, -0.2) is 0 Å². The average Bonchev–Trinajstić information content (AvgIpc) is 3.24. The summed E-state index contributed by atoms with van der Waals surface area (Å²) in [7, 11) is 0. The zero-order chi connectivity index (χ0) is 15.1. The standard InChI is InChI=1S/C16H17ClN2O2/c1-9-8-10(2)15(12-4-5-12)16(11(9)3)21-14-7-6-13(17)19(20)18-14/h6-8,12H,4-5H2,1-3H3. The second-order valence-electron chi connectivity index (χ2n) is 5.62. The lowest BCUT2D eigenvalue weighted by atomic mass is 9.96. The van der Waals surface area contributed by atoms with Gasteiger partial charge in [-0.2, -0.15) is 0 Å². The molecule has 2 aromatic rings. The fourth-order valence-electron chi connectivity index (χ4n) is 2.62. The first-order valence-electron chi connectivity index (χ1n) is 7.02. The monoisotopic (exact) mass is 304 g/mol. The maximum atomic E-state index is 11.5. The zero-order valence-electron chi connectivity index (χ0n) is 12.3. The molecule has 0 bridgehead atoms. The van der Waals surface area contributed by atoms with Crippen LogP contribution < -0.4 is 9.58 Å². The van der Waals surface area contributed by atoms with E-state index >= 15 is 0 Å². The van der Waals surface area contributed by atoms with E-state index in [0.717, 1.165) is 11.3 Å². The topological polar surface area (TPSA) is 49.1 Å². The molecule has 21 heavy (non-hydrogen) atoms. The molecule has 5 heteroatoms. The molecular formula is C16H17ClN2O2. The van der Waals surface area contributed by atoms with E-state index in [9.17, 15) is 5.21 Å². The van der Waals surface area contributed by atoms with Gasteiger partial charge < -0.3 is 9.94 Å². The Morgan fingerprint density at radius 2 is 1.95 bits per heavy atom. The molecule has 0 unspecified atom stereocenters. The van der Waals surface area contributed by atoms with Gasteiger partial charge in [-0.05, 0) is 72.7 Å². The molecule has 1 saturated carbocycles.